The maximum atomic E-state index is 12.9. The summed E-state index contributed by atoms with van der Waals surface area (Å²) in [5, 5.41) is 8.31. The molecule has 29 heavy (non-hydrogen) atoms. The standard InChI is InChI=1S/C22H23N3O3S/c1-3-27-19-10-8-17(9-11-19)20-23-24-22(28-20)29-15(2)21(26)25-13-12-16-6-4-5-7-18(16)14-25/h4-11,15H,3,12-14H2,1-2H3. The van der Waals surface area contributed by atoms with Crippen molar-refractivity contribution in [2.75, 3.05) is 13.2 Å². The van der Waals surface area contributed by atoms with Crippen LogP contribution in [0.4, 0.5) is 0 Å². The van der Waals surface area contributed by atoms with Gasteiger partial charge < -0.3 is 14.1 Å². The van der Waals surface area contributed by atoms with Crippen LogP contribution in [0, 0.1) is 0 Å². The van der Waals surface area contributed by atoms with E-state index >= 15 is 0 Å². The van der Waals surface area contributed by atoms with Crippen LogP contribution in [0.25, 0.3) is 11.5 Å². The SMILES string of the molecule is CCOc1ccc(-c2nnc(SC(C)C(=O)N3CCc4ccccc4C3)o2)cc1. The van der Waals surface area contributed by atoms with Gasteiger partial charge in [-0.1, -0.05) is 36.0 Å². The average molecular weight is 410 g/mol. The van der Waals surface area contributed by atoms with E-state index in [4.69, 9.17) is 9.15 Å². The van der Waals surface area contributed by atoms with Gasteiger partial charge in [0, 0.05) is 18.7 Å². The number of thioether (sulfide) groups is 1. The van der Waals surface area contributed by atoms with Gasteiger partial charge in [-0.2, -0.15) is 0 Å². The van der Waals surface area contributed by atoms with Crippen LogP contribution < -0.4 is 4.74 Å². The third-order valence-electron chi connectivity index (χ3n) is 4.89. The number of ether oxygens (including phenoxy) is 1. The molecule has 3 aromatic rings. The minimum absolute atomic E-state index is 0.0883. The summed E-state index contributed by atoms with van der Waals surface area (Å²) in [6.07, 6.45) is 0.891. The number of carbonyl (C=O) groups excluding carboxylic acids is 1. The number of hydrogen-bond acceptors (Lipinski definition) is 6. The smallest absolute Gasteiger partial charge is 0.277 e. The molecular weight excluding hydrogens is 386 g/mol. The molecule has 6 nitrogen and oxygen atoms in total. The first-order valence-corrected chi connectivity index (χ1v) is 10.6. The highest BCUT2D eigenvalue weighted by molar-refractivity contribution is 8.00. The molecule has 0 N–H and O–H groups in total. The number of rotatable bonds is 6. The quantitative estimate of drug-likeness (QED) is 0.569. The summed E-state index contributed by atoms with van der Waals surface area (Å²) < 4.78 is 11.2. The van der Waals surface area contributed by atoms with E-state index in [9.17, 15) is 4.79 Å². The molecule has 0 aliphatic carbocycles. The lowest BCUT2D eigenvalue weighted by atomic mass is 10.00. The van der Waals surface area contributed by atoms with Crippen LogP contribution in [-0.4, -0.2) is 39.4 Å². The summed E-state index contributed by atoms with van der Waals surface area (Å²) in [4.78, 5) is 14.8. The van der Waals surface area contributed by atoms with Gasteiger partial charge in [0.25, 0.3) is 5.22 Å². The number of aromatic nitrogens is 2. The molecule has 1 aliphatic rings. The first kappa shape index (κ1) is 19.5. The van der Waals surface area contributed by atoms with E-state index in [1.807, 2.05) is 55.1 Å². The molecule has 0 spiro atoms. The van der Waals surface area contributed by atoms with Crippen molar-refractivity contribution in [1.29, 1.82) is 0 Å². The Balaban J connectivity index is 1.39. The lowest BCUT2D eigenvalue weighted by Gasteiger charge is -2.30. The molecule has 2 aromatic carbocycles. The van der Waals surface area contributed by atoms with Gasteiger partial charge in [-0.3, -0.25) is 4.79 Å². The van der Waals surface area contributed by atoms with Gasteiger partial charge in [0.05, 0.1) is 11.9 Å². The van der Waals surface area contributed by atoms with Crippen LogP contribution in [0.1, 0.15) is 25.0 Å². The fourth-order valence-corrected chi connectivity index (χ4v) is 4.14. The molecule has 150 valence electrons. The predicted molar refractivity (Wildman–Crippen MR) is 112 cm³/mol. The molecule has 1 aromatic heterocycles. The van der Waals surface area contributed by atoms with Gasteiger partial charge in [0.2, 0.25) is 11.8 Å². The number of fused-ring (bicyclic) bond motifs is 1. The van der Waals surface area contributed by atoms with Crippen molar-refractivity contribution in [2.45, 2.75) is 37.3 Å². The summed E-state index contributed by atoms with van der Waals surface area (Å²) in [6, 6.07) is 15.8. The fourth-order valence-electron chi connectivity index (χ4n) is 3.38. The van der Waals surface area contributed by atoms with E-state index in [1.54, 1.807) is 0 Å². The maximum absolute atomic E-state index is 12.9. The Kier molecular flexibility index (Phi) is 5.85. The summed E-state index contributed by atoms with van der Waals surface area (Å²) in [6.45, 7) is 5.84. The highest BCUT2D eigenvalue weighted by Crippen LogP contribution is 2.29. The monoisotopic (exact) mass is 409 g/mol. The largest absolute Gasteiger partial charge is 0.494 e. The number of nitrogens with zero attached hydrogens (tertiary/aromatic N) is 3. The number of benzene rings is 2. The molecule has 0 fully saturated rings. The van der Waals surface area contributed by atoms with Crippen molar-refractivity contribution in [3.63, 3.8) is 0 Å². The highest BCUT2D eigenvalue weighted by atomic mass is 32.2. The zero-order valence-corrected chi connectivity index (χ0v) is 17.3. The third kappa shape index (κ3) is 4.45. The van der Waals surface area contributed by atoms with Crippen LogP contribution in [0.3, 0.4) is 0 Å². The zero-order chi connectivity index (χ0) is 20.2. The number of hydrogen-bond donors (Lipinski definition) is 0. The second-order valence-corrected chi connectivity index (χ2v) is 8.16. The molecule has 0 bridgehead atoms. The van der Waals surface area contributed by atoms with Crippen molar-refractivity contribution in [3.05, 3.63) is 59.7 Å². The van der Waals surface area contributed by atoms with Crippen LogP contribution in [0.15, 0.2) is 58.2 Å². The van der Waals surface area contributed by atoms with Crippen molar-refractivity contribution in [3.8, 4) is 17.2 Å². The first-order valence-electron chi connectivity index (χ1n) is 9.73. The van der Waals surface area contributed by atoms with Gasteiger partial charge in [0.1, 0.15) is 5.75 Å². The Labute approximate surface area is 174 Å². The predicted octanol–water partition coefficient (Wildman–Crippen LogP) is 4.20. The summed E-state index contributed by atoms with van der Waals surface area (Å²) in [5.74, 6) is 1.32. The van der Waals surface area contributed by atoms with E-state index < -0.39 is 0 Å². The van der Waals surface area contributed by atoms with E-state index in [0.717, 1.165) is 24.3 Å². The fraction of sp³-hybridized carbons (Fsp3) is 0.318. The number of carbonyl (C=O) groups is 1. The molecule has 0 saturated heterocycles. The van der Waals surface area contributed by atoms with Crippen molar-refractivity contribution in [2.24, 2.45) is 0 Å². The van der Waals surface area contributed by atoms with Gasteiger partial charge >= 0.3 is 0 Å². The normalized spacial score (nSPS) is 14.3. The molecule has 1 atom stereocenters. The van der Waals surface area contributed by atoms with Gasteiger partial charge in [-0.15, -0.1) is 10.2 Å². The second kappa shape index (κ2) is 8.69. The molecular formula is C22H23N3O3S. The highest BCUT2D eigenvalue weighted by Gasteiger charge is 2.26. The summed E-state index contributed by atoms with van der Waals surface area (Å²) in [7, 11) is 0. The lowest BCUT2D eigenvalue weighted by molar-refractivity contribution is -0.131. The molecule has 1 aliphatic heterocycles. The summed E-state index contributed by atoms with van der Waals surface area (Å²) in [5.41, 5.74) is 3.37. The van der Waals surface area contributed by atoms with Gasteiger partial charge in [-0.25, -0.2) is 0 Å². The minimum Gasteiger partial charge on any atom is -0.494 e. The Hall–Kier alpha value is -2.80. The van der Waals surface area contributed by atoms with Crippen LogP contribution in [-0.2, 0) is 17.8 Å². The number of amides is 1. The van der Waals surface area contributed by atoms with Crippen LogP contribution in [0.2, 0.25) is 0 Å². The zero-order valence-electron chi connectivity index (χ0n) is 16.5. The molecule has 7 heteroatoms. The maximum Gasteiger partial charge on any atom is 0.277 e. The van der Waals surface area contributed by atoms with E-state index in [1.165, 1.54) is 22.9 Å². The minimum atomic E-state index is -0.297. The lowest BCUT2D eigenvalue weighted by Crippen LogP contribution is -2.40. The molecule has 1 amide bonds. The molecule has 4 rings (SSSR count). The van der Waals surface area contributed by atoms with E-state index in [-0.39, 0.29) is 11.2 Å². The van der Waals surface area contributed by atoms with Crippen molar-refractivity contribution in [1.82, 2.24) is 15.1 Å². The Morgan fingerprint density at radius 3 is 2.69 bits per heavy atom. The van der Waals surface area contributed by atoms with Crippen LogP contribution >= 0.6 is 11.8 Å². The molecule has 2 heterocycles. The topological polar surface area (TPSA) is 68.5 Å². The van der Waals surface area contributed by atoms with E-state index in [2.05, 4.69) is 22.3 Å². The Morgan fingerprint density at radius 1 is 1.17 bits per heavy atom. The molecule has 1 unspecified atom stereocenters. The first-order chi connectivity index (χ1) is 14.1. The third-order valence-corrected chi connectivity index (χ3v) is 5.81. The second-order valence-electron chi connectivity index (χ2n) is 6.87. The Bertz CT molecular complexity index is 987. The average Bonchev–Trinajstić information content (AvgIpc) is 3.22. The van der Waals surface area contributed by atoms with Gasteiger partial charge in [0.15, 0.2) is 0 Å². The molecule has 0 saturated carbocycles. The van der Waals surface area contributed by atoms with Crippen molar-refractivity contribution >= 4 is 17.7 Å². The Morgan fingerprint density at radius 2 is 1.93 bits per heavy atom. The summed E-state index contributed by atoms with van der Waals surface area (Å²) >= 11 is 1.30. The van der Waals surface area contributed by atoms with Crippen molar-refractivity contribution < 1.29 is 13.9 Å². The van der Waals surface area contributed by atoms with E-state index in [0.29, 0.717) is 24.3 Å². The van der Waals surface area contributed by atoms with Crippen LogP contribution in [0.5, 0.6) is 5.75 Å². The van der Waals surface area contributed by atoms with Gasteiger partial charge in [-0.05, 0) is 55.7 Å². The molecule has 0 radical (unpaired) electrons.